The van der Waals surface area contributed by atoms with E-state index in [-0.39, 0.29) is 12.7 Å². The monoisotopic (exact) mass is 453 g/mol. The molecule has 0 spiro atoms. The summed E-state index contributed by atoms with van der Waals surface area (Å²) in [6.07, 6.45) is 3.91. The number of nitrogens with one attached hydrogen (secondary N) is 1. The first-order chi connectivity index (χ1) is 16.7. The van der Waals surface area contributed by atoms with Gasteiger partial charge >= 0.3 is 0 Å². The van der Waals surface area contributed by atoms with Crippen molar-refractivity contribution in [1.82, 2.24) is 4.90 Å². The molecule has 3 aromatic carbocycles. The van der Waals surface area contributed by atoms with E-state index in [2.05, 4.69) is 34.5 Å². The van der Waals surface area contributed by atoms with E-state index < -0.39 is 5.92 Å². The van der Waals surface area contributed by atoms with Gasteiger partial charge in [-0.1, -0.05) is 48.9 Å². The fourth-order valence-corrected chi connectivity index (χ4v) is 5.02. The highest BCUT2D eigenvalue weighted by Gasteiger charge is 2.37. The van der Waals surface area contributed by atoms with Crippen LogP contribution in [0.25, 0.3) is 0 Å². The number of rotatable bonds is 5. The molecule has 34 heavy (non-hydrogen) atoms. The molecule has 1 fully saturated rings. The summed E-state index contributed by atoms with van der Waals surface area (Å²) >= 11 is 0. The maximum Gasteiger partial charge on any atom is 0.238 e. The van der Waals surface area contributed by atoms with Gasteiger partial charge in [0.2, 0.25) is 12.7 Å². The molecule has 1 unspecified atom stereocenters. The standard InChI is InChI=1S/C28H27N3O3/c32-28-26(22-15-24-25(34-18-33-24)16-23(22)30-28)27(20-7-3-1-4-8-20)29-21-11-9-19(10-12-21)17-31-13-5-2-6-14-31/h1,3-4,7-12,15-16,26H,2,5-6,13-14,17-18H2,(H,30,32). The minimum atomic E-state index is -0.528. The SMILES string of the molecule is O=C1Nc2cc3c(cc2C1C(=Nc1ccc(CN2CCCCC2)cc1)c1ccccc1)OCO3. The number of piperidine rings is 1. The quantitative estimate of drug-likeness (QED) is 0.536. The van der Waals surface area contributed by atoms with Crippen LogP contribution in [0, 0.1) is 0 Å². The molecule has 0 aliphatic carbocycles. The number of carbonyl (C=O) groups is 1. The number of carbonyl (C=O) groups excluding carboxylic acids is 1. The van der Waals surface area contributed by atoms with Crippen LogP contribution < -0.4 is 14.8 Å². The Morgan fingerprint density at radius 2 is 1.68 bits per heavy atom. The number of hydrogen-bond donors (Lipinski definition) is 1. The highest BCUT2D eigenvalue weighted by molar-refractivity contribution is 6.24. The largest absolute Gasteiger partial charge is 0.454 e. The van der Waals surface area contributed by atoms with Crippen LogP contribution in [0.2, 0.25) is 0 Å². The van der Waals surface area contributed by atoms with Crippen LogP contribution in [0.3, 0.4) is 0 Å². The number of nitrogens with zero attached hydrogens (tertiary/aromatic N) is 2. The normalized spacial score (nSPS) is 19.7. The lowest BCUT2D eigenvalue weighted by Crippen LogP contribution is -2.28. The maximum absolute atomic E-state index is 13.2. The zero-order chi connectivity index (χ0) is 22.9. The molecule has 6 heteroatoms. The van der Waals surface area contributed by atoms with Gasteiger partial charge < -0.3 is 14.8 Å². The molecule has 3 heterocycles. The van der Waals surface area contributed by atoms with E-state index in [4.69, 9.17) is 14.5 Å². The minimum Gasteiger partial charge on any atom is -0.454 e. The Balaban J connectivity index is 1.35. The molecule has 6 nitrogen and oxygen atoms in total. The topological polar surface area (TPSA) is 63.2 Å². The summed E-state index contributed by atoms with van der Waals surface area (Å²) < 4.78 is 11.1. The molecule has 172 valence electrons. The molecule has 0 aromatic heterocycles. The van der Waals surface area contributed by atoms with Gasteiger partial charge in [0, 0.05) is 18.3 Å². The summed E-state index contributed by atoms with van der Waals surface area (Å²) in [6, 6.07) is 22.1. The number of anilines is 1. The third kappa shape index (κ3) is 4.05. The number of amides is 1. The van der Waals surface area contributed by atoms with Gasteiger partial charge in [0.05, 0.1) is 11.4 Å². The second-order valence-electron chi connectivity index (χ2n) is 9.08. The van der Waals surface area contributed by atoms with Crippen molar-refractivity contribution in [3.05, 3.63) is 83.4 Å². The molecular formula is C28H27N3O3. The molecule has 0 bridgehead atoms. The number of likely N-dealkylation sites (tertiary alicyclic amines) is 1. The first-order valence-electron chi connectivity index (χ1n) is 11.9. The van der Waals surface area contributed by atoms with Crippen molar-refractivity contribution in [3.63, 3.8) is 0 Å². The van der Waals surface area contributed by atoms with Crippen LogP contribution in [0.4, 0.5) is 11.4 Å². The van der Waals surface area contributed by atoms with Gasteiger partial charge in [0.1, 0.15) is 5.92 Å². The molecule has 3 aromatic rings. The van der Waals surface area contributed by atoms with E-state index in [1.807, 2.05) is 42.5 Å². The van der Waals surface area contributed by atoms with Gasteiger partial charge in [-0.25, -0.2) is 0 Å². The first kappa shape index (κ1) is 20.9. The molecule has 6 rings (SSSR count). The number of ether oxygens (including phenoxy) is 2. The minimum absolute atomic E-state index is 0.0944. The van der Waals surface area contributed by atoms with Crippen molar-refractivity contribution in [2.45, 2.75) is 31.7 Å². The predicted octanol–water partition coefficient (Wildman–Crippen LogP) is 5.26. The number of hydrogen-bond acceptors (Lipinski definition) is 5. The summed E-state index contributed by atoms with van der Waals surface area (Å²) in [5.41, 5.74) is 5.38. The average Bonchev–Trinajstić information content (AvgIpc) is 3.46. The lowest BCUT2D eigenvalue weighted by Gasteiger charge is -2.26. The lowest BCUT2D eigenvalue weighted by molar-refractivity contribution is -0.115. The second kappa shape index (κ2) is 8.95. The Bertz CT molecular complexity index is 1230. The van der Waals surface area contributed by atoms with E-state index in [0.29, 0.717) is 11.5 Å². The molecule has 0 radical (unpaired) electrons. The molecule has 1 atom stereocenters. The molecule has 0 saturated carbocycles. The van der Waals surface area contributed by atoms with Crippen LogP contribution in [-0.2, 0) is 11.3 Å². The van der Waals surface area contributed by atoms with Gasteiger partial charge in [0.25, 0.3) is 0 Å². The van der Waals surface area contributed by atoms with E-state index >= 15 is 0 Å². The zero-order valence-corrected chi connectivity index (χ0v) is 19.0. The summed E-state index contributed by atoms with van der Waals surface area (Å²) in [5, 5.41) is 3.01. The van der Waals surface area contributed by atoms with Crippen LogP contribution in [0.5, 0.6) is 11.5 Å². The maximum atomic E-state index is 13.2. The molecule has 3 aliphatic heterocycles. The van der Waals surface area contributed by atoms with Crippen LogP contribution in [-0.4, -0.2) is 36.4 Å². The second-order valence-corrected chi connectivity index (χ2v) is 9.08. The number of benzene rings is 3. The van der Waals surface area contributed by atoms with E-state index in [9.17, 15) is 4.79 Å². The fraction of sp³-hybridized carbons (Fsp3) is 0.286. The molecular weight excluding hydrogens is 426 g/mol. The van der Waals surface area contributed by atoms with Crippen molar-refractivity contribution in [3.8, 4) is 11.5 Å². The first-order valence-corrected chi connectivity index (χ1v) is 11.9. The molecule has 1 N–H and O–H groups in total. The van der Waals surface area contributed by atoms with Gasteiger partial charge in [-0.05, 0) is 60.8 Å². The van der Waals surface area contributed by atoms with Crippen molar-refractivity contribution in [2.75, 3.05) is 25.2 Å². The summed E-state index contributed by atoms with van der Waals surface area (Å²) in [6.45, 7) is 3.51. The van der Waals surface area contributed by atoms with Gasteiger partial charge in [0.15, 0.2) is 11.5 Å². The third-order valence-electron chi connectivity index (χ3n) is 6.76. The molecule has 3 aliphatic rings. The number of fused-ring (bicyclic) bond motifs is 2. The predicted molar refractivity (Wildman–Crippen MR) is 132 cm³/mol. The molecule has 1 amide bonds. The van der Waals surface area contributed by atoms with Crippen LogP contribution in [0.1, 0.15) is 41.9 Å². The zero-order valence-electron chi connectivity index (χ0n) is 19.0. The summed E-state index contributed by atoms with van der Waals surface area (Å²) in [7, 11) is 0. The number of aliphatic imine (C=N–C) groups is 1. The Morgan fingerprint density at radius 1 is 0.941 bits per heavy atom. The van der Waals surface area contributed by atoms with Gasteiger partial charge in [-0.3, -0.25) is 14.7 Å². The highest BCUT2D eigenvalue weighted by atomic mass is 16.7. The smallest absolute Gasteiger partial charge is 0.238 e. The Kier molecular flexibility index (Phi) is 5.51. The van der Waals surface area contributed by atoms with Crippen molar-refractivity contribution in [2.24, 2.45) is 4.99 Å². The fourth-order valence-electron chi connectivity index (χ4n) is 5.02. The van der Waals surface area contributed by atoms with Gasteiger partial charge in [-0.2, -0.15) is 0 Å². The Morgan fingerprint density at radius 3 is 2.44 bits per heavy atom. The van der Waals surface area contributed by atoms with Crippen LogP contribution >= 0.6 is 0 Å². The Labute approximate surface area is 199 Å². The van der Waals surface area contributed by atoms with Gasteiger partial charge in [-0.15, -0.1) is 0 Å². The average molecular weight is 454 g/mol. The summed E-state index contributed by atoms with van der Waals surface area (Å²) in [5.74, 6) is 0.694. The molecule has 1 saturated heterocycles. The van der Waals surface area contributed by atoms with Crippen molar-refractivity contribution >= 4 is 23.0 Å². The van der Waals surface area contributed by atoms with E-state index in [1.165, 1.54) is 37.9 Å². The van der Waals surface area contributed by atoms with Crippen molar-refractivity contribution < 1.29 is 14.3 Å². The van der Waals surface area contributed by atoms with E-state index in [0.717, 1.165) is 34.8 Å². The van der Waals surface area contributed by atoms with Crippen molar-refractivity contribution in [1.29, 1.82) is 0 Å². The highest BCUT2D eigenvalue weighted by Crippen LogP contribution is 2.44. The third-order valence-corrected chi connectivity index (χ3v) is 6.76. The van der Waals surface area contributed by atoms with E-state index in [1.54, 1.807) is 0 Å². The Hall–Kier alpha value is -3.64. The lowest BCUT2D eigenvalue weighted by atomic mass is 9.90. The van der Waals surface area contributed by atoms with Crippen LogP contribution in [0.15, 0.2) is 71.7 Å². The summed E-state index contributed by atoms with van der Waals surface area (Å²) in [4.78, 5) is 20.7.